The molecule has 2 heteroatoms. The molecule has 0 spiro atoms. The van der Waals surface area contributed by atoms with Gasteiger partial charge in [0, 0.05) is 12.5 Å². The van der Waals surface area contributed by atoms with Crippen LogP contribution >= 0.6 is 0 Å². The van der Waals surface area contributed by atoms with Crippen molar-refractivity contribution in [2.24, 2.45) is 5.92 Å². The lowest BCUT2D eigenvalue weighted by molar-refractivity contribution is 0.0464. The van der Waals surface area contributed by atoms with Gasteiger partial charge in [-0.3, -0.25) is 0 Å². The number of aliphatic hydroxyl groups is 1. The second kappa shape index (κ2) is 8.04. The minimum atomic E-state index is -0.532. The van der Waals surface area contributed by atoms with Gasteiger partial charge >= 0.3 is 0 Å². The average molecular weight is 234 g/mol. The highest BCUT2D eigenvalue weighted by atomic mass is 16.5. The summed E-state index contributed by atoms with van der Waals surface area (Å²) in [6.07, 6.45) is 3.42. The topological polar surface area (TPSA) is 29.5 Å². The highest BCUT2D eigenvalue weighted by Crippen LogP contribution is 2.22. The summed E-state index contributed by atoms with van der Waals surface area (Å²) in [6.45, 7) is 7.18. The molecule has 0 radical (unpaired) electrons. The van der Waals surface area contributed by atoms with Gasteiger partial charge in [0.05, 0.1) is 12.7 Å². The Labute approximate surface area is 104 Å². The normalized spacial score (nSPS) is 14.2. The van der Waals surface area contributed by atoms with Crippen molar-refractivity contribution in [3.8, 4) is 0 Å². The smallest absolute Gasteiger partial charge is 0.0874 e. The molecule has 1 rings (SSSR count). The maximum atomic E-state index is 10.2. The number of ether oxygens (including phenoxy) is 1. The third kappa shape index (κ3) is 4.72. The van der Waals surface area contributed by atoms with Gasteiger partial charge in [-0.1, -0.05) is 49.8 Å². The first-order valence-corrected chi connectivity index (χ1v) is 6.23. The maximum absolute atomic E-state index is 10.2. The van der Waals surface area contributed by atoms with Crippen LogP contribution in [0.2, 0.25) is 0 Å². The van der Waals surface area contributed by atoms with Crippen LogP contribution in [0.3, 0.4) is 0 Å². The Morgan fingerprint density at radius 3 is 2.65 bits per heavy atom. The molecule has 0 bridgehead atoms. The van der Waals surface area contributed by atoms with Crippen molar-refractivity contribution in [1.29, 1.82) is 0 Å². The molecule has 94 valence electrons. The highest BCUT2D eigenvalue weighted by Gasteiger charge is 2.17. The maximum Gasteiger partial charge on any atom is 0.0874 e. The monoisotopic (exact) mass is 234 g/mol. The zero-order valence-corrected chi connectivity index (χ0v) is 10.5. The van der Waals surface area contributed by atoms with Crippen molar-refractivity contribution in [2.75, 3.05) is 13.2 Å². The summed E-state index contributed by atoms with van der Waals surface area (Å²) in [5.74, 6) is -0.0470. The number of unbranched alkanes of at least 4 members (excludes halogenated alkanes) is 1. The Bertz CT molecular complexity index is 308. The van der Waals surface area contributed by atoms with Crippen LogP contribution in [0.5, 0.6) is 0 Å². The second-order valence-electron chi connectivity index (χ2n) is 4.18. The SMILES string of the molecule is C=C[C@@H](COCCCC)[C@@H](O)c1ccccc1. The quantitative estimate of drug-likeness (QED) is 0.552. The summed E-state index contributed by atoms with van der Waals surface area (Å²) >= 11 is 0. The fourth-order valence-electron chi connectivity index (χ4n) is 1.65. The summed E-state index contributed by atoms with van der Waals surface area (Å²) in [5, 5.41) is 10.2. The van der Waals surface area contributed by atoms with Gasteiger partial charge in [0.15, 0.2) is 0 Å². The van der Waals surface area contributed by atoms with Crippen molar-refractivity contribution in [3.05, 3.63) is 48.6 Å². The van der Waals surface area contributed by atoms with Crippen LogP contribution in [-0.2, 0) is 4.74 Å². The van der Waals surface area contributed by atoms with Crippen LogP contribution in [0, 0.1) is 5.92 Å². The lowest BCUT2D eigenvalue weighted by Gasteiger charge is -2.20. The van der Waals surface area contributed by atoms with Gasteiger partial charge in [0.2, 0.25) is 0 Å². The third-order valence-electron chi connectivity index (χ3n) is 2.80. The van der Waals surface area contributed by atoms with E-state index in [0.717, 1.165) is 25.0 Å². The minimum absolute atomic E-state index is 0.0470. The van der Waals surface area contributed by atoms with Crippen molar-refractivity contribution < 1.29 is 9.84 Å². The molecule has 0 unspecified atom stereocenters. The lowest BCUT2D eigenvalue weighted by atomic mass is 9.96. The molecule has 1 N–H and O–H groups in total. The summed E-state index contributed by atoms with van der Waals surface area (Å²) in [6, 6.07) is 9.64. The molecule has 0 aliphatic rings. The highest BCUT2D eigenvalue weighted by molar-refractivity contribution is 5.19. The van der Waals surface area contributed by atoms with Gasteiger partial charge in [-0.05, 0) is 12.0 Å². The second-order valence-corrected chi connectivity index (χ2v) is 4.18. The van der Waals surface area contributed by atoms with Crippen molar-refractivity contribution in [2.45, 2.75) is 25.9 Å². The molecule has 1 aromatic carbocycles. The van der Waals surface area contributed by atoms with E-state index < -0.39 is 6.10 Å². The first-order chi connectivity index (χ1) is 8.29. The van der Waals surface area contributed by atoms with Gasteiger partial charge < -0.3 is 9.84 Å². The minimum Gasteiger partial charge on any atom is -0.388 e. The van der Waals surface area contributed by atoms with E-state index in [-0.39, 0.29) is 5.92 Å². The predicted molar refractivity (Wildman–Crippen MR) is 70.8 cm³/mol. The molecule has 0 aliphatic heterocycles. The van der Waals surface area contributed by atoms with E-state index in [2.05, 4.69) is 13.5 Å². The molecule has 0 saturated heterocycles. The van der Waals surface area contributed by atoms with Crippen molar-refractivity contribution in [1.82, 2.24) is 0 Å². The lowest BCUT2D eigenvalue weighted by Crippen LogP contribution is -2.16. The molecular formula is C15H22O2. The summed E-state index contributed by atoms with van der Waals surface area (Å²) in [4.78, 5) is 0. The summed E-state index contributed by atoms with van der Waals surface area (Å²) < 4.78 is 5.54. The number of rotatable bonds is 8. The molecule has 0 saturated carbocycles. The van der Waals surface area contributed by atoms with E-state index >= 15 is 0 Å². The Kier molecular flexibility index (Phi) is 6.60. The van der Waals surface area contributed by atoms with Gasteiger partial charge in [-0.2, -0.15) is 0 Å². The largest absolute Gasteiger partial charge is 0.388 e. The van der Waals surface area contributed by atoms with Crippen LogP contribution in [0.1, 0.15) is 31.4 Å². The van der Waals surface area contributed by atoms with Gasteiger partial charge in [0.1, 0.15) is 0 Å². The molecule has 0 fully saturated rings. The van der Waals surface area contributed by atoms with Gasteiger partial charge in [-0.15, -0.1) is 6.58 Å². The summed E-state index contributed by atoms with van der Waals surface area (Å²) in [7, 11) is 0. The first-order valence-electron chi connectivity index (χ1n) is 6.23. The molecule has 2 atom stereocenters. The van der Waals surface area contributed by atoms with E-state index in [1.807, 2.05) is 30.3 Å². The van der Waals surface area contributed by atoms with E-state index in [9.17, 15) is 5.11 Å². The van der Waals surface area contributed by atoms with Gasteiger partial charge in [0.25, 0.3) is 0 Å². The fourth-order valence-corrected chi connectivity index (χ4v) is 1.65. The first kappa shape index (κ1) is 13.9. The van der Waals surface area contributed by atoms with Crippen LogP contribution in [0.25, 0.3) is 0 Å². The zero-order valence-electron chi connectivity index (χ0n) is 10.5. The van der Waals surface area contributed by atoms with E-state index in [1.54, 1.807) is 6.08 Å². The van der Waals surface area contributed by atoms with Crippen LogP contribution in [0.4, 0.5) is 0 Å². The molecule has 0 aliphatic carbocycles. The van der Waals surface area contributed by atoms with Crippen LogP contribution in [-0.4, -0.2) is 18.3 Å². The fraction of sp³-hybridized carbons (Fsp3) is 0.467. The molecule has 1 aromatic rings. The Morgan fingerprint density at radius 1 is 1.35 bits per heavy atom. The molecule has 0 aromatic heterocycles. The van der Waals surface area contributed by atoms with Crippen molar-refractivity contribution in [3.63, 3.8) is 0 Å². The number of benzene rings is 1. The average Bonchev–Trinajstić information content (AvgIpc) is 2.39. The number of hydrogen-bond donors (Lipinski definition) is 1. The Hall–Kier alpha value is -1.12. The molecule has 17 heavy (non-hydrogen) atoms. The van der Waals surface area contributed by atoms with E-state index in [4.69, 9.17) is 4.74 Å². The molecule has 0 amide bonds. The number of hydrogen-bond acceptors (Lipinski definition) is 2. The number of aliphatic hydroxyl groups excluding tert-OH is 1. The Morgan fingerprint density at radius 2 is 2.06 bits per heavy atom. The van der Waals surface area contributed by atoms with Crippen molar-refractivity contribution >= 4 is 0 Å². The zero-order chi connectivity index (χ0) is 12.5. The molecular weight excluding hydrogens is 212 g/mol. The predicted octanol–water partition coefficient (Wildman–Crippen LogP) is 3.34. The third-order valence-corrected chi connectivity index (χ3v) is 2.80. The summed E-state index contributed by atoms with van der Waals surface area (Å²) in [5.41, 5.74) is 0.913. The van der Waals surface area contributed by atoms with Gasteiger partial charge in [-0.25, -0.2) is 0 Å². The Balaban J connectivity index is 2.47. The van der Waals surface area contributed by atoms with Crippen LogP contribution < -0.4 is 0 Å². The van der Waals surface area contributed by atoms with Crippen LogP contribution in [0.15, 0.2) is 43.0 Å². The molecule has 0 heterocycles. The molecule has 2 nitrogen and oxygen atoms in total. The standard InChI is InChI=1S/C15H22O2/c1-3-5-11-17-12-13(4-2)15(16)14-9-7-6-8-10-14/h4,6-10,13,15-16H,2-3,5,11-12H2,1H3/t13-,15+/m0/s1. The van der Waals surface area contributed by atoms with E-state index in [1.165, 1.54) is 0 Å². The van der Waals surface area contributed by atoms with E-state index in [0.29, 0.717) is 6.61 Å².